The Morgan fingerprint density at radius 3 is 2.79 bits per heavy atom. The molecular formula is C19H28N2O3. The van der Waals surface area contributed by atoms with Gasteiger partial charge in [-0.25, -0.2) is 0 Å². The Kier molecular flexibility index (Phi) is 7.28. The molecule has 24 heavy (non-hydrogen) atoms. The molecule has 1 aromatic rings. The maximum Gasteiger partial charge on any atom is 0.251 e. The van der Waals surface area contributed by atoms with Crippen molar-refractivity contribution in [1.82, 2.24) is 10.2 Å². The van der Waals surface area contributed by atoms with Crippen LogP contribution < -0.4 is 10.1 Å². The van der Waals surface area contributed by atoms with Gasteiger partial charge in [-0.3, -0.25) is 4.79 Å². The van der Waals surface area contributed by atoms with Gasteiger partial charge in [-0.2, -0.15) is 0 Å². The van der Waals surface area contributed by atoms with Crippen molar-refractivity contribution in [2.45, 2.75) is 13.3 Å². The van der Waals surface area contributed by atoms with Crippen molar-refractivity contribution in [2.75, 3.05) is 46.5 Å². The van der Waals surface area contributed by atoms with Crippen LogP contribution in [0.5, 0.6) is 5.75 Å². The standard InChI is InChI=1S/C19H28N2O3/c1-15(2)14-24-18-6-4-17(5-7-18)19(22)20-12-16-8-9-21(13-16)10-11-23-3/h4-7,16H,1,8-14H2,2-3H3,(H,20,22). The van der Waals surface area contributed by atoms with Crippen LogP contribution in [-0.2, 0) is 4.74 Å². The van der Waals surface area contributed by atoms with Gasteiger partial charge in [0.15, 0.2) is 0 Å². The zero-order chi connectivity index (χ0) is 17.4. The first kappa shape index (κ1) is 18.5. The number of methoxy groups -OCH3 is 1. The number of benzene rings is 1. The molecule has 0 radical (unpaired) electrons. The number of amides is 1. The second kappa shape index (κ2) is 9.45. The van der Waals surface area contributed by atoms with Gasteiger partial charge in [0.05, 0.1) is 6.61 Å². The fraction of sp³-hybridized carbons (Fsp3) is 0.526. The predicted octanol–water partition coefficient (Wildman–Crippen LogP) is 2.34. The lowest BCUT2D eigenvalue weighted by Gasteiger charge is -2.15. The molecule has 1 atom stereocenters. The minimum Gasteiger partial charge on any atom is -0.489 e. The van der Waals surface area contributed by atoms with E-state index < -0.39 is 0 Å². The zero-order valence-electron chi connectivity index (χ0n) is 14.7. The van der Waals surface area contributed by atoms with E-state index in [1.807, 2.05) is 19.1 Å². The lowest BCUT2D eigenvalue weighted by Crippen LogP contribution is -2.31. The van der Waals surface area contributed by atoms with E-state index in [1.54, 1.807) is 19.2 Å². The van der Waals surface area contributed by atoms with Crippen molar-refractivity contribution >= 4 is 5.91 Å². The molecule has 1 aliphatic heterocycles. The van der Waals surface area contributed by atoms with Crippen molar-refractivity contribution in [1.29, 1.82) is 0 Å². The lowest BCUT2D eigenvalue weighted by molar-refractivity contribution is 0.0946. The summed E-state index contributed by atoms with van der Waals surface area (Å²) in [6.45, 7) is 10.8. The molecule has 1 unspecified atom stereocenters. The Morgan fingerprint density at radius 1 is 1.38 bits per heavy atom. The third-order valence-electron chi connectivity index (χ3n) is 4.13. The fourth-order valence-corrected chi connectivity index (χ4v) is 2.75. The van der Waals surface area contributed by atoms with Gasteiger partial charge in [0.2, 0.25) is 0 Å². The number of carbonyl (C=O) groups is 1. The number of nitrogens with one attached hydrogen (secondary N) is 1. The summed E-state index contributed by atoms with van der Waals surface area (Å²) in [5.41, 5.74) is 1.62. The Hall–Kier alpha value is -1.85. The van der Waals surface area contributed by atoms with Gasteiger partial charge in [0.1, 0.15) is 12.4 Å². The highest BCUT2D eigenvalue weighted by Gasteiger charge is 2.22. The first-order valence-corrected chi connectivity index (χ1v) is 8.45. The molecule has 1 aromatic carbocycles. The largest absolute Gasteiger partial charge is 0.489 e. The van der Waals surface area contributed by atoms with Crippen LogP contribution >= 0.6 is 0 Å². The molecule has 1 amide bonds. The van der Waals surface area contributed by atoms with E-state index in [-0.39, 0.29) is 5.91 Å². The molecule has 132 valence electrons. The molecule has 0 bridgehead atoms. The lowest BCUT2D eigenvalue weighted by atomic mass is 10.1. The van der Waals surface area contributed by atoms with Crippen LogP contribution in [0.25, 0.3) is 0 Å². The van der Waals surface area contributed by atoms with E-state index in [1.165, 1.54) is 0 Å². The van der Waals surface area contributed by atoms with Crippen LogP contribution in [-0.4, -0.2) is 57.3 Å². The number of ether oxygens (including phenoxy) is 2. The Bertz CT molecular complexity index is 542. The first-order chi connectivity index (χ1) is 11.6. The summed E-state index contributed by atoms with van der Waals surface area (Å²) in [7, 11) is 1.72. The highest BCUT2D eigenvalue weighted by atomic mass is 16.5. The van der Waals surface area contributed by atoms with Crippen LogP contribution in [0, 0.1) is 5.92 Å². The number of likely N-dealkylation sites (tertiary alicyclic amines) is 1. The van der Waals surface area contributed by atoms with Crippen LogP contribution in [0.15, 0.2) is 36.4 Å². The molecule has 1 heterocycles. The quantitative estimate of drug-likeness (QED) is 0.705. The second-order valence-electron chi connectivity index (χ2n) is 6.43. The van der Waals surface area contributed by atoms with Crippen molar-refractivity contribution < 1.29 is 14.3 Å². The maximum atomic E-state index is 12.2. The first-order valence-electron chi connectivity index (χ1n) is 8.45. The Labute approximate surface area is 144 Å². The summed E-state index contributed by atoms with van der Waals surface area (Å²) >= 11 is 0. The summed E-state index contributed by atoms with van der Waals surface area (Å²) in [5.74, 6) is 1.24. The molecule has 5 nitrogen and oxygen atoms in total. The van der Waals surface area contributed by atoms with Gasteiger partial charge in [-0.15, -0.1) is 0 Å². The normalized spacial score (nSPS) is 17.7. The van der Waals surface area contributed by atoms with Gasteiger partial charge in [-0.1, -0.05) is 6.58 Å². The third-order valence-corrected chi connectivity index (χ3v) is 4.13. The molecule has 0 spiro atoms. The molecule has 1 N–H and O–H groups in total. The molecule has 0 aliphatic carbocycles. The molecule has 5 heteroatoms. The van der Waals surface area contributed by atoms with Crippen LogP contribution in [0.4, 0.5) is 0 Å². The van der Waals surface area contributed by atoms with Crippen molar-refractivity contribution in [3.63, 3.8) is 0 Å². The van der Waals surface area contributed by atoms with Gasteiger partial charge in [0, 0.05) is 32.3 Å². The monoisotopic (exact) mass is 332 g/mol. The topological polar surface area (TPSA) is 50.8 Å². The molecule has 0 saturated carbocycles. The van der Waals surface area contributed by atoms with E-state index in [4.69, 9.17) is 9.47 Å². The molecule has 0 aromatic heterocycles. The van der Waals surface area contributed by atoms with E-state index in [0.29, 0.717) is 18.1 Å². The molecule has 1 aliphatic rings. The van der Waals surface area contributed by atoms with Gasteiger partial charge in [0.25, 0.3) is 5.91 Å². The van der Waals surface area contributed by atoms with Crippen LogP contribution in [0.2, 0.25) is 0 Å². The molecule has 1 fully saturated rings. The summed E-state index contributed by atoms with van der Waals surface area (Å²) in [5, 5.41) is 3.04. The average molecular weight is 332 g/mol. The Morgan fingerprint density at radius 2 is 2.12 bits per heavy atom. The number of rotatable bonds is 9. The van der Waals surface area contributed by atoms with Gasteiger partial charge < -0.3 is 19.7 Å². The number of carbonyl (C=O) groups excluding carboxylic acids is 1. The van der Waals surface area contributed by atoms with Crippen molar-refractivity contribution in [3.8, 4) is 5.75 Å². The van der Waals surface area contributed by atoms with Crippen LogP contribution in [0.3, 0.4) is 0 Å². The predicted molar refractivity (Wildman–Crippen MR) is 95.5 cm³/mol. The zero-order valence-corrected chi connectivity index (χ0v) is 14.7. The van der Waals surface area contributed by atoms with E-state index in [2.05, 4.69) is 16.8 Å². The molecular weight excluding hydrogens is 304 g/mol. The van der Waals surface area contributed by atoms with Gasteiger partial charge >= 0.3 is 0 Å². The second-order valence-corrected chi connectivity index (χ2v) is 6.43. The minimum absolute atomic E-state index is 0.0307. The smallest absolute Gasteiger partial charge is 0.251 e. The fourth-order valence-electron chi connectivity index (χ4n) is 2.75. The minimum atomic E-state index is -0.0307. The van der Waals surface area contributed by atoms with Gasteiger partial charge in [-0.05, 0) is 55.6 Å². The average Bonchev–Trinajstić information content (AvgIpc) is 3.04. The van der Waals surface area contributed by atoms with Crippen molar-refractivity contribution in [2.24, 2.45) is 5.92 Å². The maximum absolute atomic E-state index is 12.2. The highest BCUT2D eigenvalue weighted by molar-refractivity contribution is 5.94. The van der Waals surface area contributed by atoms with E-state index in [0.717, 1.165) is 50.5 Å². The molecule has 1 saturated heterocycles. The number of nitrogens with zero attached hydrogens (tertiary/aromatic N) is 1. The summed E-state index contributed by atoms with van der Waals surface area (Å²) in [6, 6.07) is 7.23. The van der Waals surface area contributed by atoms with Crippen LogP contribution in [0.1, 0.15) is 23.7 Å². The molecule has 2 rings (SSSR count). The number of hydrogen-bond acceptors (Lipinski definition) is 4. The summed E-state index contributed by atoms with van der Waals surface area (Å²) in [6.07, 6.45) is 1.12. The SMILES string of the molecule is C=C(C)COc1ccc(C(=O)NCC2CCN(CCOC)C2)cc1. The van der Waals surface area contributed by atoms with Crippen molar-refractivity contribution in [3.05, 3.63) is 42.0 Å². The highest BCUT2D eigenvalue weighted by Crippen LogP contribution is 2.16. The Balaban J connectivity index is 1.73. The van der Waals surface area contributed by atoms with E-state index in [9.17, 15) is 4.79 Å². The van der Waals surface area contributed by atoms with E-state index >= 15 is 0 Å². The summed E-state index contributed by atoms with van der Waals surface area (Å²) in [4.78, 5) is 14.6. The third kappa shape index (κ3) is 5.98. The summed E-state index contributed by atoms with van der Waals surface area (Å²) < 4.78 is 10.6. The number of hydrogen-bond donors (Lipinski definition) is 1.